The summed E-state index contributed by atoms with van der Waals surface area (Å²) in [5.74, 6) is -0.530. The summed E-state index contributed by atoms with van der Waals surface area (Å²) in [6.45, 7) is 4.65. The molecule has 0 fully saturated rings. The van der Waals surface area contributed by atoms with Crippen LogP contribution in [0.25, 0.3) is 0 Å². The van der Waals surface area contributed by atoms with E-state index in [1.807, 2.05) is 13.8 Å². The molecule has 21 heavy (non-hydrogen) atoms. The van der Waals surface area contributed by atoms with Gasteiger partial charge in [0.1, 0.15) is 0 Å². The lowest BCUT2D eigenvalue weighted by Crippen LogP contribution is -2.26. The van der Waals surface area contributed by atoms with Crippen LogP contribution >= 0.6 is 15.9 Å². The molecule has 0 aliphatic heterocycles. The van der Waals surface area contributed by atoms with Gasteiger partial charge in [0.15, 0.2) is 0 Å². The fourth-order valence-corrected chi connectivity index (χ4v) is 2.05. The smallest absolute Gasteiger partial charge is 0.379 e. The van der Waals surface area contributed by atoms with Crippen molar-refractivity contribution in [3.05, 3.63) is 33.8 Å². The van der Waals surface area contributed by atoms with Gasteiger partial charge in [-0.15, -0.1) is 0 Å². The Hall–Kier alpha value is -1.08. The van der Waals surface area contributed by atoms with Gasteiger partial charge in [-0.05, 0) is 38.5 Å². The summed E-state index contributed by atoms with van der Waals surface area (Å²) in [6, 6.07) is 3.41. The van der Waals surface area contributed by atoms with Gasteiger partial charge < -0.3 is 10.1 Å². The Labute approximate surface area is 130 Å². The maximum atomic E-state index is 12.7. The van der Waals surface area contributed by atoms with E-state index in [9.17, 15) is 18.0 Å². The minimum Gasteiger partial charge on any atom is -0.379 e. The molecule has 7 heteroatoms. The molecule has 3 nitrogen and oxygen atoms in total. The van der Waals surface area contributed by atoms with E-state index in [-0.39, 0.29) is 16.1 Å². The van der Waals surface area contributed by atoms with E-state index in [2.05, 4.69) is 21.2 Å². The lowest BCUT2D eigenvalue weighted by molar-refractivity contribution is -0.138. The van der Waals surface area contributed by atoms with Gasteiger partial charge in [0.25, 0.3) is 5.91 Å². The van der Waals surface area contributed by atoms with E-state index in [1.165, 1.54) is 12.1 Å². The molecule has 118 valence electrons. The van der Waals surface area contributed by atoms with Crippen molar-refractivity contribution >= 4 is 21.8 Å². The number of hydrogen-bond acceptors (Lipinski definition) is 2. The van der Waals surface area contributed by atoms with Crippen molar-refractivity contribution in [1.29, 1.82) is 0 Å². The molecule has 1 amide bonds. The lowest BCUT2D eigenvalue weighted by atomic mass is 10.1. The molecule has 0 unspecified atom stereocenters. The number of amides is 1. The predicted octanol–water partition coefficient (Wildman–Crippen LogP) is 4.01. The first kappa shape index (κ1) is 18.0. The van der Waals surface area contributed by atoms with E-state index in [1.54, 1.807) is 0 Å². The minimum atomic E-state index is -4.50. The molecule has 0 aromatic heterocycles. The molecule has 1 aromatic carbocycles. The van der Waals surface area contributed by atoms with E-state index < -0.39 is 17.6 Å². The molecule has 0 aliphatic carbocycles. The van der Waals surface area contributed by atoms with Crippen LogP contribution in [-0.2, 0) is 10.9 Å². The van der Waals surface area contributed by atoms with Crippen LogP contribution in [0.4, 0.5) is 13.2 Å². The number of hydrogen-bond donors (Lipinski definition) is 1. The van der Waals surface area contributed by atoms with Gasteiger partial charge in [-0.25, -0.2) is 0 Å². The summed E-state index contributed by atoms with van der Waals surface area (Å²) in [7, 11) is 0. The third kappa shape index (κ3) is 6.05. The van der Waals surface area contributed by atoms with Crippen LogP contribution in [0.1, 0.15) is 36.2 Å². The second kappa shape index (κ2) is 7.79. The van der Waals surface area contributed by atoms with Crippen LogP contribution < -0.4 is 5.32 Å². The standard InChI is InChI=1S/C14H17BrF3NO2/c1-9(2)21-7-3-6-19-13(20)10-4-5-12(15)11(8-10)14(16,17)18/h4-5,8-9H,3,6-7H2,1-2H3,(H,19,20). The summed E-state index contributed by atoms with van der Waals surface area (Å²) in [5.41, 5.74) is -0.881. The lowest BCUT2D eigenvalue weighted by Gasteiger charge is -2.11. The van der Waals surface area contributed by atoms with Crippen LogP contribution in [0.15, 0.2) is 22.7 Å². The number of alkyl halides is 3. The number of nitrogens with one attached hydrogen (secondary N) is 1. The summed E-state index contributed by atoms with van der Waals surface area (Å²) < 4.78 is 43.4. The number of carbonyl (C=O) groups excluding carboxylic acids is 1. The number of carbonyl (C=O) groups is 1. The zero-order valence-corrected chi connectivity index (χ0v) is 13.3. The Bertz CT molecular complexity index is 490. The van der Waals surface area contributed by atoms with E-state index in [4.69, 9.17) is 4.74 Å². The molecule has 1 rings (SSSR count). The predicted molar refractivity (Wildman–Crippen MR) is 77.2 cm³/mol. The molecule has 0 heterocycles. The molecule has 1 N–H and O–H groups in total. The Kier molecular flexibility index (Phi) is 6.67. The molecule has 0 aliphatic rings. The van der Waals surface area contributed by atoms with Gasteiger partial charge in [0, 0.05) is 23.2 Å². The molecule has 0 saturated carbocycles. The van der Waals surface area contributed by atoms with E-state index in [0.29, 0.717) is 19.6 Å². The summed E-state index contributed by atoms with van der Waals surface area (Å²) >= 11 is 2.83. The minimum absolute atomic E-state index is 0.0182. The highest BCUT2D eigenvalue weighted by Crippen LogP contribution is 2.35. The third-order valence-corrected chi connectivity index (χ3v) is 3.28. The normalized spacial score (nSPS) is 11.8. The first-order valence-corrected chi connectivity index (χ1v) is 7.27. The Morgan fingerprint density at radius 2 is 2.05 bits per heavy atom. The van der Waals surface area contributed by atoms with Crippen LogP contribution in [0.2, 0.25) is 0 Å². The second-order valence-electron chi connectivity index (χ2n) is 4.72. The molecule has 0 bridgehead atoms. The average molecular weight is 368 g/mol. The average Bonchev–Trinajstić information content (AvgIpc) is 2.36. The van der Waals surface area contributed by atoms with Gasteiger partial charge in [-0.3, -0.25) is 4.79 Å². The van der Waals surface area contributed by atoms with Crippen molar-refractivity contribution in [2.24, 2.45) is 0 Å². The highest BCUT2D eigenvalue weighted by atomic mass is 79.9. The van der Waals surface area contributed by atoms with Crippen molar-refractivity contribution < 1.29 is 22.7 Å². The summed E-state index contributed by atoms with van der Waals surface area (Å²) in [6.07, 6.45) is -3.78. The van der Waals surface area contributed by atoms with Gasteiger partial charge in [-0.1, -0.05) is 15.9 Å². The zero-order chi connectivity index (χ0) is 16.0. The van der Waals surface area contributed by atoms with Gasteiger partial charge in [0.2, 0.25) is 0 Å². The van der Waals surface area contributed by atoms with Crippen molar-refractivity contribution in [3.8, 4) is 0 Å². The van der Waals surface area contributed by atoms with Crippen LogP contribution in [0.5, 0.6) is 0 Å². The highest BCUT2D eigenvalue weighted by Gasteiger charge is 2.33. The molecule has 0 radical (unpaired) electrons. The number of benzene rings is 1. The molecular formula is C14H17BrF3NO2. The van der Waals surface area contributed by atoms with Gasteiger partial charge in [-0.2, -0.15) is 13.2 Å². The van der Waals surface area contributed by atoms with Crippen molar-refractivity contribution in [3.63, 3.8) is 0 Å². The Morgan fingerprint density at radius 3 is 2.62 bits per heavy atom. The van der Waals surface area contributed by atoms with Crippen molar-refractivity contribution in [2.75, 3.05) is 13.2 Å². The topological polar surface area (TPSA) is 38.3 Å². The van der Waals surface area contributed by atoms with Crippen molar-refractivity contribution in [1.82, 2.24) is 5.32 Å². The third-order valence-electron chi connectivity index (χ3n) is 2.59. The summed E-state index contributed by atoms with van der Waals surface area (Å²) in [4.78, 5) is 11.8. The molecule has 0 saturated heterocycles. The maximum absolute atomic E-state index is 12.7. The van der Waals surface area contributed by atoms with Gasteiger partial charge >= 0.3 is 6.18 Å². The molecule has 0 spiro atoms. The van der Waals surface area contributed by atoms with Gasteiger partial charge in [0.05, 0.1) is 11.7 Å². The SMILES string of the molecule is CC(C)OCCCNC(=O)c1ccc(Br)c(C(F)(F)F)c1. The Morgan fingerprint density at radius 1 is 1.38 bits per heavy atom. The molecular weight excluding hydrogens is 351 g/mol. The zero-order valence-electron chi connectivity index (χ0n) is 11.8. The first-order chi connectivity index (χ1) is 9.71. The quantitative estimate of drug-likeness (QED) is 0.771. The Balaban J connectivity index is 2.59. The highest BCUT2D eigenvalue weighted by molar-refractivity contribution is 9.10. The number of rotatable bonds is 6. The van der Waals surface area contributed by atoms with Crippen LogP contribution in [0.3, 0.4) is 0 Å². The van der Waals surface area contributed by atoms with E-state index in [0.717, 1.165) is 6.07 Å². The first-order valence-electron chi connectivity index (χ1n) is 6.48. The summed E-state index contributed by atoms with van der Waals surface area (Å²) in [5, 5.41) is 2.57. The van der Waals surface area contributed by atoms with E-state index >= 15 is 0 Å². The number of halogens is 4. The molecule has 0 atom stereocenters. The number of ether oxygens (including phenoxy) is 1. The fourth-order valence-electron chi connectivity index (χ4n) is 1.58. The monoisotopic (exact) mass is 367 g/mol. The van der Waals surface area contributed by atoms with Crippen molar-refractivity contribution in [2.45, 2.75) is 32.5 Å². The maximum Gasteiger partial charge on any atom is 0.417 e. The molecule has 1 aromatic rings. The van der Waals surface area contributed by atoms with Crippen LogP contribution in [0, 0.1) is 0 Å². The largest absolute Gasteiger partial charge is 0.417 e. The van der Waals surface area contributed by atoms with Crippen LogP contribution in [-0.4, -0.2) is 25.2 Å². The fraction of sp³-hybridized carbons (Fsp3) is 0.500. The second-order valence-corrected chi connectivity index (χ2v) is 5.58.